The van der Waals surface area contributed by atoms with Crippen LogP contribution in [0.5, 0.6) is 0 Å². The number of hydrogen-bond acceptors (Lipinski definition) is 4. The monoisotopic (exact) mass is 183 g/mol. The van der Waals surface area contributed by atoms with Crippen molar-refractivity contribution in [3.8, 4) is 0 Å². The van der Waals surface area contributed by atoms with Crippen molar-refractivity contribution in [3.63, 3.8) is 0 Å². The molecule has 0 saturated carbocycles. The third-order valence-electron chi connectivity index (χ3n) is 2.17. The minimum atomic E-state index is 0.387. The van der Waals surface area contributed by atoms with Crippen LogP contribution in [0.2, 0.25) is 0 Å². The summed E-state index contributed by atoms with van der Waals surface area (Å²) in [5, 5.41) is 0. The Labute approximate surface area is 76.2 Å². The Morgan fingerprint density at radius 3 is 3.25 bits per heavy atom. The maximum atomic E-state index is 5.80. The molecule has 1 aliphatic heterocycles. The van der Waals surface area contributed by atoms with E-state index in [0.717, 1.165) is 26.1 Å². The molecule has 2 rings (SSSR count). The van der Waals surface area contributed by atoms with Crippen molar-refractivity contribution >= 4 is 11.3 Å². The van der Waals surface area contributed by atoms with Crippen LogP contribution in [0.15, 0.2) is 11.7 Å². The lowest BCUT2D eigenvalue weighted by atomic mass is 10.3. The number of hydrogen-bond donors (Lipinski definition) is 1. The van der Waals surface area contributed by atoms with Gasteiger partial charge in [-0.1, -0.05) is 0 Å². The molecule has 4 heteroatoms. The van der Waals surface area contributed by atoms with Crippen molar-refractivity contribution in [3.05, 3.63) is 16.6 Å². The first-order valence-electron chi connectivity index (χ1n) is 4.20. The molecular formula is C8H13N3S. The molecule has 0 radical (unpaired) electrons. The summed E-state index contributed by atoms with van der Waals surface area (Å²) >= 11 is 1.72. The fraction of sp³-hybridized carbons (Fsp3) is 0.625. The Kier molecular flexibility index (Phi) is 2.39. The third kappa shape index (κ3) is 1.83. The van der Waals surface area contributed by atoms with Gasteiger partial charge in [-0.05, 0) is 6.42 Å². The van der Waals surface area contributed by atoms with Crippen LogP contribution >= 0.6 is 11.3 Å². The quantitative estimate of drug-likeness (QED) is 0.733. The number of aromatic nitrogens is 1. The van der Waals surface area contributed by atoms with E-state index in [1.165, 1.54) is 4.88 Å². The van der Waals surface area contributed by atoms with Crippen molar-refractivity contribution in [2.24, 2.45) is 5.73 Å². The van der Waals surface area contributed by atoms with Crippen molar-refractivity contribution in [1.82, 2.24) is 9.88 Å². The molecule has 0 bridgehead atoms. The zero-order valence-electron chi connectivity index (χ0n) is 6.94. The number of nitrogens with two attached hydrogens (primary N) is 1. The molecule has 1 unspecified atom stereocenters. The molecule has 0 aromatic carbocycles. The molecule has 0 amide bonds. The molecule has 12 heavy (non-hydrogen) atoms. The van der Waals surface area contributed by atoms with E-state index < -0.39 is 0 Å². The highest BCUT2D eigenvalue weighted by Gasteiger charge is 2.18. The molecule has 1 fully saturated rings. The highest BCUT2D eigenvalue weighted by molar-refractivity contribution is 7.09. The maximum absolute atomic E-state index is 5.80. The Balaban J connectivity index is 1.88. The second-order valence-electron chi connectivity index (χ2n) is 3.25. The smallest absolute Gasteiger partial charge is 0.0794 e. The van der Waals surface area contributed by atoms with Gasteiger partial charge in [0.1, 0.15) is 0 Å². The molecule has 1 aliphatic rings. The highest BCUT2D eigenvalue weighted by Crippen LogP contribution is 2.14. The van der Waals surface area contributed by atoms with Crippen molar-refractivity contribution in [2.45, 2.75) is 19.0 Å². The summed E-state index contributed by atoms with van der Waals surface area (Å²) in [7, 11) is 0. The molecule has 3 nitrogen and oxygen atoms in total. The molecule has 1 saturated heterocycles. The Bertz CT molecular complexity index is 234. The van der Waals surface area contributed by atoms with Gasteiger partial charge in [0.15, 0.2) is 0 Å². The molecule has 0 spiro atoms. The van der Waals surface area contributed by atoms with Gasteiger partial charge in [-0.2, -0.15) is 0 Å². The molecule has 2 N–H and O–H groups in total. The Hall–Kier alpha value is -0.450. The Morgan fingerprint density at radius 1 is 1.75 bits per heavy atom. The summed E-state index contributed by atoms with van der Waals surface area (Å²) < 4.78 is 0. The molecule has 1 aromatic rings. The minimum Gasteiger partial charge on any atom is -0.326 e. The van der Waals surface area contributed by atoms with E-state index in [2.05, 4.69) is 9.88 Å². The SMILES string of the molecule is NC1CCN(Cc2cncs2)C1. The van der Waals surface area contributed by atoms with Gasteiger partial charge in [0, 0.05) is 36.8 Å². The predicted octanol–water partition coefficient (Wildman–Crippen LogP) is 0.676. The average molecular weight is 183 g/mol. The summed E-state index contributed by atoms with van der Waals surface area (Å²) in [6.45, 7) is 3.20. The number of thiazole rings is 1. The molecule has 0 aliphatic carbocycles. The second kappa shape index (κ2) is 3.51. The zero-order chi connectivity index (χ0) is 8.39. The molecule has 2 heterocycles. The van der Waals surface area contributed by atoms with E-state index in [1.54, 1.807) is 11.3 Å². The van der Waals surface area contributed by atoms with Gasteiger partial charge in [0.25, 0.3) is 0 Å². The minimum absolute atomic E-state index is 0.387. The lowest BCUT2D eigenvalue weighted by Gasteiger charge is -2.12. The first-order valence-corrected chi connectivity index (χ1v) is 5.08. The van der Waals surface area contributed by atoms with Crippen molar-refractivity contribution in [2.75, 3.05) is 13.1 Å². The number of rotatable bonds is 2. The fourth-order valence-electron chi connectivity index (χ4n) is 1.55. The summed E-state index contributed by atoms with van der Waals surface area (Å²) in [5.41, 5.74) is 7.68. The molecular weight excluding hydrogens is 170 g/mol. The largest absolute Gasteiger partial charge is 0.326 e. The normalized spacial score (nSPS) is 24.9. The summed E-state index contributed by atoms with van der Waals surface area (Å²) in [4.78, 5) is 7.77. The van der Waals surface area contributed by atoms with Gasteiger partial charge < -0.3 is 5.73 Å². The van der Waals surface area contributed by atoms with Crippen LogP contribution in [0.25, 0.3) is 0 Å². The fourth-order valence-corrected chi connectivity index (χ4v) is 2.18. The molecule has 1 atom stereocenters. The molecule has 66 valence electrons. The van der Waals surface area contributed by atoms with Gasteiger partial charge in [-0.25, -0.2) is 0 Å². The topological polar surface area (TPSA) is 42.1 Å². The summed E-state index contributed by atoms with van der Waals surface area (Å²) in [5.74, 6) is 0. The van der Waals surface area contributed by atoms with Crippen LogP contribution < -0.4 is 5.73 Å². The van der Waals surface area contributed by atoms with Gasteiger partial charge in [-0.15, -0.1) is 11.3 Å². The van der Waals surface area contributed by atoms with Crippen LogP contribution in [0.4, 0.5) is 0 Å². The number of likely N-dealkylation sites (tertiary alicyclic amines) is 1. The first-order chi connectivity index (χ1) is 5.84. The number of nitrogens with zero attached hydrogens (tertiary/aromatic N) is 2. The van der Waals surface area contributed by atoms with Gasteiger partial charge in [-0.3, -0.25) is 9.88 Å². The van der Waals surface area contributed by atoms with Gasteiger partial charge >= 0.3 is 0 Å². The van der Waals surface area contributed by atoms with E-state index in [9.17, 15) is 0 Å². The van der Waals surface area contributed by atoms with E-state index >= 15 is 0 Å². The van der Waals surface area contributed by atoms with Gasteiger partial charge in [0.05, 0.1) is 5.51 Å². The van der Waals surface area contributed by atoms with E-state index in [4.69, 9.17) is 5.73 Å². The maximum Gasteiger partial charge on any atom is 0.0794 e. The standard InChI is InChI=1S/C8H13N3S/c9-7-1-2-11(4-7)5-8-3-10-6-12-8/h3,6-7H,1-2,4-5,9H2. The zero-order valence-corrected chi connectivity index (χ0v) is 7.76. The van der Waals surface area contributed by atoms with Crippen LogP contribution in [-0.4, -0.2) is 29.0 Å². The molecule has 1 aromatic heterocycles. The first kappa shape index (κ1) is 8.16. The van der Waals surface area contributed by atoms with E-state index in [1.807, 2.05) is 11.7 Å². The summed E-state index contributed by atoms with van der Waals surface area (Å²) in [6.07, 6.45) is 3.08. The van der Waals surface area contributed by atoms with Crippen LogP contribution in [-0.2, 0) is 6.54 Å². The van der Waals surface area contributed by atoms with E-state index in [-0.39, 0.29) is 0 Å². The van der Waals surface area contributed by atoms with Crippen molar-refractivity contribution < 1.29 is 0 Å². The lowest BCUT2D eigenvalue weighted by molar-refractivity contribution is 0.329. The summed E-state index contributed by atoms with van der Waals surface area (Å²) in [6, 6.07) is 0.387. The van der Waals surface area contributed by atoms with Crippen LogP contribution in [0.1, 0.15) is 11.3 Å². The van der Waals surface area contributed by atoms with Gasteiger partial charge in [0.2, 0.25) is 0 Å². The average Bonchev–Trinajstić information content (AvgIpc) is 2.63. The van der Waals surface area contributed by atoms with Crippen LogP contribution in [0, 0.1) is 0 Å². The van der Waals surface area contributed by atoms with Crippen LogP contribution in [0.3, 0.4) is 0 Å². The van der Waals surface area contributed by atoms with Crippen molar-refractivity contribution in [1.29, 1.82) is 0 Å². The Morgan fingerprint density at radius 2 is 2.67 bits per heavy atom. The third-order valence-corrected chi connectivity index (χ3v) is 2.94. The second-order valence-corrected chi connectivity index (χ2v) is 4.22. The highest BCUT2D eigenvalue weighted by atomic mass is 32.1. The van der Waals surface area contributed by atoms with E-state index in [0.29, 0.717) is 6.04 Å². The predicted molar refractivity (Wildman–Crippen MR) is 50.0 cm³/mol. The lowest BCUT2D eigenvalue weighted by Crippen LogP contribution is -2.25.